The van der Waals surface area contributed by atoms with Gasteiger partial charge in [-0.05, 0) is 18.2 Å². The van der Waals surface area contributed by atoms with Gasteiger partial charge in [-0.3, -0.25) is 5.43 Å². The normalized spacial score (nSPS) is 15.7. The topological polar surface area (TPSA) is 90.9 Å². The van der Waals surface area contributed by atoms with Gasteiger partial charge in [-0.25, -0.2) is 19.0 Å². The molecule has 0 atom stereocenters. The third-order valence-corrected chi connectivity index (χ3v) is 2.73. The number of nitrogens with one attached hydrogen (secondary N) is 2. The molecule has 0 saturated carbocycles. The van der Waals surface area contributed by atoms with E-state index >= 15 is 0 Å². The van der Waals surface area contributed by atoms with Crippen molar-refractivity contribution in [3.05, 3.63) is 29.6 Å². The van der Waals surface area contributed by atoms with Crippen molar-refractivity contribution >= 4 is 17.7 Å². The van der Waals surface area contributed by atoms with Crippen LogP contribution in [0.4, 0.5) is 14.9 Å². The molecule has 1 fully saturated rings. The number of carbonyl (C=O) groups is 2. The summed E-state index contributed by atoms with van der Waals surface area (Å²) in [6.07, 6.45) is 0. The number of ether oxygens (including phenoxy) is 1. The number of amides is 2. The van der Waals surface area contributed by atoms with Gasteiger partial charge in [0.2, 0.25) is 0 Å². The first-order valence-electron chi connectivity index (χ1n) is 5.99. The van der Waals surface area contributed by atoms with Crippen molar-refractivity contribution in [3.63, 3.8) is 0 Å². The van der Waals surface area contributed by atoms with E-state index in [1.165, 1.54) is 6.07 Å². The summed E-state index contributed by atoms with van der Waals surface area (Å²) in [5.41, 5.74) is 2.30. The number of carbonyl (C=O) groups excluding carboxylic acids is 1. The summed E-state index contributed by atoms with van der Waals surface area (Å²) in [7, 11) is 0. The number of morpholine rings is 1. The average molecular weight is 283 g/mol. The van der Waals surface area contributed by atoms with Gasteiger partial charge >= 0.3 is 12.0 Å². The van der Waals surface area contributed by atoms with Gasteiger partial charge in [0.1, 0.15) is 5.82 Å². The number of nitrogens with zero attached hydrogens (tertiary/aromatic N) is 1. The first-order chi connectivity index (χ1) is 9.56. The minimum atomic E-state index is -1.39. The Balaban J connectivity index is 1.96. The summed E-state index contributed by atoms with van der Waals surface area (Å²) in [5.74, 6) is -2.24. The van der Waals surface area contributed by atoms with Gasteiger partial charge in [0, 0.05) is 18.8 Å². The molecule has 1 aromatic carbocycles. The van der Waals surface area contributed by atoms with E-state index < -0.39 is 23.4 Å². The molecule has 0 unspecified atom stereocenters. The summed E-state index contributed by atoms with van der Waals surface area (Å²) >= 11 is 0. The summed E-state index contributed by atoms with van der Waals surface area (Å²) in [5, 5.41) is 12.9. The highest BCUT2D eigenvalue weighted by Gasteiger charge is 2.15. The molecule has 1 aromatic rings. The largest absolute Gasteiger partial charge is 0.478 e. The second-order valence-corrected chi connectivity index (χ2v) is 4.17. The highest BCUT2D eigenvalue weighted by Crippen LogP contribution is 2.14. The number of anilines is 1. The van der Waals surface area contributed by atoms with E-state index in [9.17, 15) is 14.0 Å². The summed E-state index contributed by atoms with van der Waals surface area (Å²) in [6, 6.07) is 2.83. The number of aromatic carboxylic acids is 1. The molecule has 2 rings (SSSR count). The van der Waals surface area contributed by atoms with E-state index in [0.717, 1.165) is 12.1 Å². The Labute approximate surface area is 114 Å². The number of halogens is 1. The Morgan fingerprint density at radius 3 is 2.65 bits per heavy atom. The Bertz CT molecular complexity index is 517. The molecule has 0 bridgehead atoms. The zero-order valence-electron chi connectivity index (χ0n) is 10.6. The molecule has 20 heavy (non-hydrogen) atoms. The zero-order chi connectivity index (χ0) is 14.5. The summed E-state index contributed by atoms with van der Waals surface area (Å²) in [6.45, 7) is 2.19. The predicted molar refractivity (Wildman–Crippen MR) is 67.9 cm³/mol. The van der Waals surface area contributed by atoms with E-state index in [2.05, 4.69) is 10.7 Å². The molecule has 2 amide bonds. The van der Waals surface area contributed by atoms with Crippen LogP contribution < -0.4 is 10.7 Å². The van der Waals surface area contributed by atoms with Gasteiger partial charge in [-0.1, -0.05) is 0 Å². The number of rotatable bonds is 3. The van der Waals surface area contributed by atoms with E-state index in [-0.39, 0.29) is 5.69 Å². The molecule has 0 aliphatic carbocycles. The molecular formula is C12H14FN3O4. The van der Waals surface area contributed by atoms with Crippen molar-refractivity contribution in [3.8, 4) is 0 Å². The maximum atomic E-state index is 13.2. The molecule has 1 heterocycles. The molecular weight excluding hydrogens is 269 g/mol. The molecule has 3 N–H and O–H groups in total. The third kappa shape index (κ3) is 3.65. The highest BCUT2D eigenvalue weighted by atomic mass is 19.1. The summed E-state index contributed by atoms with van der Waals surface area (Å²) < 4.78 is 18.3. The quantitative estimate of drug-likeness (QED) is 0.766. The summed E-state index contributed by atoms with van der Waals surface area (Å²) in [4.78, 5) is 22.5. The van der Waals surface area contributed by atoms with Gasteiger partial charge in [0.25, 0.3) is 0 Å². The molecule has 1 aliphatic heterocycles. The highest BCUT2D eigenvalue weighted by molar-refractivity contribution is 5.93. The Morgan fingerprint density at radius 2 is 2.00 bits per heavy atom. The number of hydrazine groups is 1. The minimum absolute atomic E-state index is 0.203. The van der Waals surface area contributed by atoms with Gasteiger partial charge in [-0.2, -0.15) is 0 Å². The molecule has 1 saturated heterocycles. The van der Waals surface area contributed by atoms with E-state index in [1.807, 2.05) is 0 Å². The fraction of sp³-hybridized carbons (Fsp3) is 0.333. The van der Waals surface area contributed by atoms with Crippen LogP contribution in [-0.4, -0.2) is 48.4 Å². The maximum absolute atomic E-state index is 13.2. The fourth-order valence-corrected chi connectivity index (χ4v) is 1.74. The van der Waals surface area contributed by atoms with Gasteiger partial charge in [0.15, 0.2) is 0 Å². The standard InChI is InChI=1S/C12H14FN3O4/c13-10-2-1-8(7-9(10)11(17)18)14-12(19)15-16-3-5-20-6-4-16/h1-2,7H,3-6H2,(H,17,18)(H2,14,15,19). The number of hydrogen-bond donors (Lipinski definition) is 3. The van der Waals surface area contributed by atoms with E-state index in [0.29, 0.717) is 26.3 Å². The van der Waals surface area contributed by atoms with Crippen LogP contribution >= 0.6 is 0 Å². The van der Waals surface area contributed by atoms with Gasteiger partial charge in [-0.15, -0.1) is 0 Å². The minimum Gasteiger partial charge on any atom is -0.478 e. The maximum Gasteiger partial charge on any atom is 0.338 e. The van der Waals surface area contributed by atoms with Crippen LogP contribution in [0.3, 0.4) is 0 Å². The van der Waals surface area contributed by atoms with Crippen molar-refractivity contribution in [1.82, 2.24) is 10.4 Å². The smallest absolute Gasteiger partial charge is 0.338 e. The number of benzene rings is 1. The first-order valence-corrected chi connectivity index (χ1v) is 5.99. The third-order valence-electron chi connectivity index (χ3n) is 2.73. The lowest BCUT2D eigenvalue weighted by Gasteiger charge is -2.26. The van der Waals surface area contributed by atoms with Crippen LogP contribution in [0.25, 0.3) is 0 Å². The molecule has 1 aliphatic rings. The lowest BCUT2D eigenvalue weighted by molar-refractivity contribution is 0.0207. The SMILES string of the molecule is O=C(Nc1ccc(F)c(C(=O)O)c1)NN1CCOCC1. The second-order valence-electron chi connectivity index (χ2n) is 4.17. The molecule has 0 radical (unpaired) electrons. The van der Waals surface area contributed by atoms with Crippen molar-refractivity contribution in [2.45, 2.75) is 0 Å². The number of carboxylic acids is 1. The van der Waals surface area contributed by atoms with E-state index in [4.69, 9.17) is 9.84 Å². The van der Waals surface area contributed by atoms with Crippen molar-refractivity contribution in [2.24, 2.45) is 0 Å². The van der Waals surface area contributed by atoms with Crippen LogP contribution in [-0.2, 0) is 4.74 Å². The number of carboxylic acid groups (broad SMARTS) is 1. The van der Waals surface area contributed by atoms with Crippen molar-refractivity contribution in [2.75, 3.05) is 31.6 Å². The second kappa shape index (κ2) is 6.31. The predicted octanol–water partition coefficient (Wildman–Crippen LogP) is 0.893. The molecule has 7 nitrogen and oxygen atoms in total. The van der Waals surface area contributed by atoms with Gasteiger partial charge < -0.3 is 15.2 Å². The molecule has 0 spiro atoms. The molecule has 108 valence electrons. The van der Waals surface area contributed by atoms with Crippen molar-refractivity contribution < 1.29 is 23.8 Å². The Morgan fingerprint density at radius 1 is 1.30 bits per heavy atom. The number of urea groups is 1. The van der Waals surface area contributed by atoms with Crippen LogP contribution in [0.15, 0.2) is 18.2 Å². The molecule has 8 heteroatoms. The lowest BCUT2D eigenvalue weighted by atomic mass is 10.2. The lowest BCUT2D eigenvalue weighted by Crippen LogP contribution is -2.49. The zero-order valence-corrected chi connectivity index (χ0v) is 10.6. The van der Waals surface area contributed by atoms with Gasteiger partial charge in [0.05, 0.1) is 18.8 Å². The van der Waals surface area contributed by atoms with Crippen LogP contribution in [0.5, 0.6) is 0 Å². The van der Waals surface area contributed by atoms with Crippen LogP contribution in [0.2, 0.25) is 0 Å². The van der Waals surface area contributed by atoms with Crippen LogP contribution in [0.1, 0.15) is 10.4 Å². The van der Waals surface area contributed by atoms with Crippen molar-refractivity contribution in [1.29, 1.82) is 0 Å². The monoisotopic (exact) mass is 283 g/mol. The van der Waals surface area contributed by atoms with Crippen LogP contribution in [0, 0.1) is 5.82 Å². The number of hydrogen-bond acceptors (Lipinski definition) is 4. The first kappa shape index (κ1) is 14.2. The average Bonchev–Trinajstić information content (AvgIpc) is 2.41. The Kier molecular flexibility index (Phi) is 4.49. The Hall–Kier alpha value is -2.19. The fourth-order valence-electron chi connectivity index (χ4n) is 1.74. The molecule has 0 aromatic heterocycles. The van der Waals surface area contributed by atoms with E-state index in [1.54, 1.807) is 5.01 Å².